The van der Waals surface area contributed by atoms with Gasteiger partial charge in [-0.3, -0.25) is 4.79 Å². The van der Waals surface area contributed by atoms with Gasteiger partial charge in [-0.2, -0.15) is 0 Å². The molecule has 2 N–H and O–H groups in total. The van der Waals surface area contributed by atoms with Crippen LogP contribution in [0.15, 0.2) is 42.5 Å². The summed E-state index contributed by atoms with van der Waals surface area (Å²) in [5.74, 6) is -0.359. The first-order valence-corrected chi connectivity index (χ1v) is 7.72. The first kappa shape index (κ1) is 17.4. The quantitative estimate of drug-likeness (QED) is 0.844. The lowest BCUT2D eigenvalue weighted by Crippen LogP contribution is -2.39. The van der Waals surface area contributed by atoms with E-state index in [0.29, 0.717) is 11.4 Å². The van der Waals surface area contributed by atoms with Crippen LogP contribution in [0, 0.1) is 0 Å². The molecule has 1 heterocycles. The minimum Gasteiger partial charge on any atom is -0.339 e. The number of halogens is 4. The predicted octanol–water partition coefficient (Wildman–Crippen LogP) is 4.15. The Hall–Kier alpha value is -2.41. The summed E-state index contributed by atoms with van der Waals surface area (Å²) in [6.07, 6.45) is -5.61. The van der Waals surface area contributed by atoms with Gasteiger partial charge < -0.3 is 10.6 Å². The zero-order valence-electron chi connectivity index (χ0n) is 13.1. The molecule has 0 amide bonds. The van der Waals surface area contributed by atoms with Crippen LogP contribution in [0.5, 0.6) is 0 Å². The fourth-order valence-corrected chi connectivity index (χ4v) is 3.02. The molecule has 1 atom stereocenters. The molecule has 1 aliphatic rings. The van der Waals surface area contributed by atoms with Gasteiger partial charge in [0.2, 0.25) is 0 Å². The number of benzene rings is 2. The van der Waals surface area contributed by atoms with Crippen LogP contribution in [0.4, 0.5) is 28.9 Å². The highest BCUT2D eigenvalue weighted by atomic mass is 19.3. The first-order valence-electron chi connectivity index (χ1n) is 7.72. The van der Waals surface area contributed by atoms with Gasteiger partial charge in [0.05, 0.1) is 6.04 Å². The maximum absolute atomic E-state index is 13.4. The molecule has 25 heavy (non-hydrogen) atoms. The first-order chi connectivity index (χ1) is 11.9. The summed E-state index contributed by atoms with van der Waals surface area (Å²) < 4.78 is 52.7. The zero-order valence-corrected chi connectivity index (χ0v) is 13.1. The number of fused-ring (bicyclic) bond motifs is 1. The van der Waals surface area contributed by atoms with Crippen LogP contribution in [-0.4, -0.2) is 18.4 Å². The molecule has 2 aromatic carbocycles. The molecule has 0 spiro atoms. The summed E-state index contributed by atoms with van der Waals surface area (Å²) in [6, 6.07) is 9.06. The third-order valence-corrected chi connectivity index (χ3v) is 4.29. The van der Waals surface area contributed by atoms with Crippen molar-refractivity contribution in [1.82, 2.24) is 0 Å². The summed E-state index contributed by atoms with van der Waals surface area (Å²) in [5.41, 5.74) is 6.43. The van der Waals surface area contributed by atoms with Crippen LogP contribution >= 0.6 is 0 Å². The second kappa shape index (κ2) is 6.84. The summed E-state index contributed by atoms with van der Waals surface area (Å²) in [5, 5.41) is 0. The summed E-state index contributed by atoms with van der Waals surface area (Å²) >= 11 is 0. The van der Waals surface area contributed by atoms with Crippen molar-refractivity contribution < 1.29 is 22.4 Å². The largest absolute Gasteiger partial charge is 0.339 e. The second-order valence-electron chi connectivity index (χ2n) is 5.90. The van der Waals surface area contributed by atoms with Crippen molar-refractivity contribution in [3.8, 4) is 0 Å². The summed E-state index contributed by atoms with van der Waals surface area (Å²) in [7, 11) is 0. The number of nitrogens with two attached hydrogens (primary N) is 1. The zero-order chi connectivity index (χ0) is 18.1. The number of rotatable bonds is 3. The van der Waals surface area contributed by atoms with Crippen LogP contribution < -0.4 is 10.6 Å². The summed E-state index contributed by atoms with van der Waals surface area (Å²) in [6.45, 7) is 0.0330. The van der Waals surface area contributed by atoms with E-state index in [-0.39, 0.29) is 35.4 Å². The Bertz CT molecular complexity index is 794. The van der Waals surface area contributed by atoms with Gasteiger partial charge in [-0.25, -0.2) is 17.6 Å². The van der Waals surface area contributed by atoms with Gasteiger partial charge in [0.1, 0.15) is 0 Å². The normalized spacial score (nSPS) is 17.8. The van der Waals surface area contributed by atoms with Gasteiger partial charge in [0.25, 0.3) is 12.9 Å². The Morgan fingerprint density at radius 2 is 1.76 bits per heavy atom. The summed E-state index contributed by atoms with van der Waals surface area (Å²) in [4.78, 5) is 13.7. The highest BCUT2D eigenvalue weighted by Gasteiger charge is 2.30. The van der Waals surface area contributed by atoms with Crippen molar-refractivity contribution >= 4 is 17.2 Å². The Labute approximate surface area is 142 Å². The number of carbonyl (C=O) groups is 1. The molecule has 0 saturated carbocycles. The molecule has 132 valence electrons. The molecule has 0 aliphatic carbocycles. The van der Waals surface area contributed by atoms with Gasteiger partial charge in [-0.05, 0) is 23.8 Å². The number of carbonyl (C=O) groups excluding carboxylic acids is 1. The van der Waals surface area contributed by atoms with E-state index in [9.17, 15) is 22.4 Å². The van der Waals surface area contributed by atoms with Crippen molar-refractivity contribution in [2.45, 2.75) is 25.3 Å². The van der Waals surface area contributed by atoms with Gasteiger partial charge in [-0.1, -0.05) is 24.3 Å². The molecule has 0 unspecified atom stereocenters. The van der Waals surface area contributed by atoms with Crippen molar-refractivity contribution in [3.05, 3.63) is 59.2 Å². The molecule has 3 nitrogen and oxygen atoms in total. The van der Waals surface area contributed by atoms with Crippen molar-refractivity contribution in [2.75, 3.05) is 11.4 Å². The van der Waals surface area contributed by atoms with E-state index in [1.807, 2.05) is 0 Å². The van der Waals surface area contributed by atoms with Gasteiger partial charge >= 0.3 is 0 Å². The van der Waals surface area contributed by atoms with E-state index in [1.165, 1.54) is 30.3 Å². The smallest absolute Gasteiger partial charge is 0.264 e. The molecular weight excluding hydrogens is 336 g/mol. The predicted molar refractivity (Wildman–Crippen MR) is 86.5 cm³/mol. The lowest BCUT2D eigenvalue weighted by atomic mass is 9.99. The number of hydrogen-bond donors (Lipinski definition) is 1. The van der Waals surface area contributed by atoms with Crippen LogP contribution in [0.2, 0.25) is 0 Å². The van der Waals surface area contributed by atoms with Gasteiger partial charge in [0.15, 0.2) is 5.78 Å². The average molecular weight is 352 g/mol. The van der Waals surface area contributed by atoms with Gasteiger partial charge in [-0.15, -0.1) is 0 Å². The maximum atomic E-state index is 13.4. The van der Waals surface area contributed by atoms with Crippen LogP contribution in [-0.2, 0) is 11.2 Å². The highest BCUT2D eigenvalue weighted by molar-refractivity contribution is 5.91. The van der Waals surface area contributed by atoms with Crippen molar-refractivity contribution in [2.24, 2.45) is 5.73 Å². The maximum Gasteiger partial charge on any atom is 0.264 e. The molecular formula is C18H16F4N2O. The van der Waals surface area contributed by atoms with E-state index >= 15 is 0 Å². The monoisotopic (exact) mass is 352 g/mol. The van der Waals surface area contributed by atoms with Crippen molar-refractivity contribution in [3.63, 3.8) is 0 Å². The standard InChI is InChI=1S/C18H16F4N2O/c19-17(20)10-3-1-4-11(7-10)24-9-14(23)16(25)8-13-12(18(21)22)5-2-6-15(13)24/h1-7,14,17-18H,8-9,23H2/t14-/m0/s1. The molecule has 7 heteroatoms. The Morgan fingerprint density at radius 1 is 1.04 bits per heavy atom. The number of Topliss-reactive ketones (excluding diaryl/α,β-unsaturated/α-hetero) is 1. The van der Waals surface area contributed by atoms with Crippen molar-refractivity contribution in [1.29, 1.82) is 0 Å². The third kappa shape index (κ3) is 3.37. The third-order valence-electron chi connectivity index (χ3n) is 4.29. The van der Waals surface area contributed by atoms with Gasteiger partial charge in [0, 0.05) is 35.5 Å². The lowest BCUT2D eigenvalue weighted by Gasteiger charge is -2.27. The number of nitrogens with zero attached hydrogens (tertiary/aromatic N) is 1. The molecule has 1 aliphatic heterocycles. The molecule has 0 fully saturated rings. The number of ketones is 1. The fourth-order valence-electron chi connectivity index (χ4n) is 3.02. The molecule has 2 aromatic rings. The minimum absolute atomic E-state index is 0.0330. The number of anilines is 2. The second-order valence-corrected chi connectivity index (χ2v) is 5.90. The number of alkyl halides is 4. The van der Waals surface area contributed by atoms with E-state index < -0.39 is 18.9 Å². The average Bonchev–Trinajstić information content (AvgIpc) is 2.71. The Morgan fingerprint density at radius 3 is 2.44 bits per heavy atom. The van der Waals surface area contributed by atoms with E-state index in [0.717, 1.165) is 0 Å². The van der Waals surface area contributed by atoms with E-state index in [1.54, 1.807) is 17.0 Å². The molecule has 0 saturated heterocycles. The fraction of sp³-hybridized carbons (Fsp3) is 0.278. The van der Waals surface area contributed by atoms with Crippen LogP contribution in [0.25, 0.3) is 0 Å². The molecule has 0 radical (unpaired) electrons. The Balaban J connectivity index is 2.16. The van der Waals surface area contributed by atoms with Crippen LogP contribution in [0.1, 0.15) is 29.5 Å². The lowest BCUT2D eigenvalue weighted by molar-refractivity contribution is -0.119. The Kier molecular flexibility index (Phi) is 4.76. The highest BCUT2D eigenvalue weighted by Crippen LogP contribution is 2.37. The number of hydrogen-bond acceptors (Lipinski definition) is 3. The molecule has 0 aromatic heterocycles. The minimum atomic E-state index is -2.74. The SMILES string of the molecule is N[C@H]1CN(c2cccc(C(F)F)c2)c2cccc(C(F)F)c2CC1=O. The van der Waals surface area contributed by atoms with Crippen LogP contribution in [0.3, 0.4) is 0 Å². The topological polar surface area (TPSA) is 46.3 Å². The van der Waals surface area contributed by atoms with E-state index in [4.69, 9.17) is 5.73 Å². The molecule has 0 bridgehead atoms. The molecule has 3 rings (SSSR count). The van der Waals surface area contributed by atoms with E-state index in [2.05, 4.69) is 0 Å².